The number of halogens is 1. The monoisotopic (exact) mass is 304 g/mol. The molecule has 0 aliphatic rings. The molecule has 6 heteroatoms. The predicted octanol–water partition coefficient (Wildman–Crippen LogP) is 2.66. The Morgan fingerprint density at radius 2 is 2.11 bits per heavy atom. The van der Waals surface area contributed by atoms with E-state index >= 15 is 0 Å². The second kappa shape index (κ2) is 7.24. The number of benzene rings is 1. The van der Waals surface area contributed by atoms with Crippen LogP contribution >= 0.6 is 11.6 Å². The van der Waals surface area contributed by atoms with Crippen LogP contribution in [-0.2, 0) is 16.6 Å². The van der Waals surface area contributed by atoms with Gasteiger partial charge in [0.25, 0.3) is 0 Å². The Labute approximate surface area is 120 Å². The maximum Gasteiger partial charge on any atom is 0.242 e. The van der Waals surface area contributed by atoms with Crippen LogP contribution in [0.15, 0.2) is 23.1 Å². The highest BCUT2D eigenvalue weighted by atomic mass is 35.5. The quantitative estimate of drug-likeness (QED) is 0.813. The molecule has 1 aromatic carbocycles. The van der Waals surface area contributed by atoms with Gasteiger partial charge in [0.05, 0.1) is 5.02 Å². The summed E-state index contributed by atoms with van der Waals surface area (Å²) >= 11 is 5.97. The molecule has 0 saturated carbocycles. The van der Waals surface area contributed by atoms with Gasteiger partial charge in [-0.25, -0.2) is 13.1 Å². The lowest BCUT2D eigenvalue weighted by Crippen LogP contribution is -2.32. The summed E-state index contributed by atoms with van der Waals surface area (Å²) in [5.41, 5.74) is 6.26. The first-order valence-electron chi connectivity index (χ1n) is 6.41. The molecule has 1 atom stereocenters. The van der Waals surface area contributed by atoms with Gasteiger partial charge in [-0.2, -0.15) is 0 Å². The zero-order valence-corrected chi connectivity index (χ0v) is 12.9. The molecule has 1 unspecified atom stereocenters. The third-order valence-electron chi connectivity index (χ3n) is 2.87. The van der Waals surface area contributed by atoms with Gasteiger partial charge in [-0.05, 0) is 31.0 Å². The maximum atomic E-state index is 12.3. The van der Waals surface area contributed by atoms with Crippen molar-refractivity contribution in [2.24, 2.45) is 5.73 Å². The van der Waals surface area contributed by atoms with Crippen molar-refractivity contribution in [1.82, 2.24) is 4.72 Å². The van der Waals surface area contributed by atoms with Crippen molar-refractivity contribution in [3.8, 4) is 0 Å². The van der Waals surface area contributed by atoms with Crippen molar-refractivity contribution in [3.63, 3.8) is 0 Å². The van der Waals surface area contributed by atoms with E-state index in [4.69, 9.17) is 17.3 Å². The second-order valence-corrected chi connectivity index (χ2v) is 6.72. The summed E-state index contributed by atoms with van der Waals surface area (Å²) in [4.78, 5) is 0.0977. The van der Waals surface area contributed by atoms with E-state index in [-0.39, 0.29) is 22.5 Å². The molecule has 3 N–H and O–H groups in total. The summed E-state index contributed by atoms with van der Waals surface area (Å²) in [6.45, 7) is 4.21. The van der Waals surface area contributed by atoms with Crippen LogP contribution in [0.4, 0.5) is 0 Å². The standard InChI is InChI=1S/C13H21ClN2O2S/c1-3-4-5-10(2)16-19(17,18)13-8-11(9-15)6-7-12(13)14/h6-8,10,16H,3-5,9,15H2,1-2H3. The van der Waals surface area contributed by atoms with Gasteiger partial charge in [0.15, 0.2) is 0 Å². The molecule has 0 radical (unpaired) electrons. The highest BCUT2D eigenvalue weighted by molar-refractivity contribution is 7.89. The van der Waals surface area contributed by atoms with Gasteiger partial charge in [-0.3, -0.25) is 0 Å². The summed E-state index contributed by atoms with van der Waals surface area (Å²) < 4.78 is 27.2. The Balaban J connectivity index is 2.93. The van der Waals surface area contributed by atoms with Gasteiger partial charge < -0.3 is 5.73 Å². The van der Waals surface area contributed by atoms with Crippen LogP contribution < -0.4 is 10.5 Å². The van der Waals surface area contributed by atoms with Crippen LogP contribution in [0.3, 0.4) is 0 Å². The number of sulfonamides is 1. The van der Waals surface area contributed by atoms with E-state index in [1.54, 1.807) is 12.1 Å². The Kier molecular flexibility index (Phi) is 6.26. The minimum atomic E-state index is -3.59. The number of nitrogens with one attached hydrogen (secondary N) is 1. The second-order valence-electron chi connectivity index (χ2n) is 4.63. The Hall–Kier alpha value is -0.620. The molecule has 0 aliphatic carbocycles. The third kappa shape index (κ3) is 4.76. The van der Waals surface area contributed by atoms with E-state index in [9.17, 15) is 8.42 Å². The van der Waals surface area contributed by atoms with Gasteiger partial charge in [0.1, 0.15) is 4.90 Å². The summed E-state index contributed by atoms with van der Waals surface area (Å²) in [6, 6.07) is 4.70. The first-order chi connectivity index (χ1) is 8.90. The number of nitrogens with two attached hydrogens (primary N) is 1. The molecule has 0 spiro atoms. The highest BCUT2D eigenvalue weighted by Crippen LogP contribution is 2.23. The first-order valence-corrected chi connectivity index (χ1v) is 8.27. The third-order valence-corrected chi connectivity index (χ3v) is 4.94. The zero-order chi connectivity index (χ0) is 14.5. The van der Waals surface area contributed by atoms with E-state index in [1.807, 2.05) is 6.92 Å². The van der Waals surface area contributed by atoms with Crippen LogP contribution in [-0.4, -0.2) is 14.5 Å². The minimum absolute atomic E-state index is 0.0977. The SMILES string of the molecule is CCCCC(C)NS(=O)(=O)c1cc(CN)ccc1Cl. The fourth-order valence-electron chi connectivity index (χ4n) is 1.78. The number of unbranched alkanes of at least 4 members (excludes halogenated alkanes) is 1. The van der Waals surface area contributed by atoms with Crippen molar-refractivity contribution < 1.29 is 8.42 Å². The summed E-state index contributed by atoms with van der Waals surface area (Å²) in [5.74, 6) is 0. The fraction of sp³-hybridized carbons (Fsp3) is 0.538. The Morgan fingerprint density at radius 3 is 2.68 bits per heavy atom. The van der Waals surface area contributed by atoms with Crippen LogP contribution in [0.5, 0.6) is 0 Å². The molecule has 0 heterocycles. The topological polar surface area (TPSA) is 72.2 Å². The van der Waals surface area contributed by atoms with Gasteiger partial charge in [0.2, 0.25) is 10.0 Å². The van der Waals surface area contributed by atoms with Gasteiger partial charge in [0, 0.05) is 12.6 Å². The summed E-state index contributed by atoms with van der Waals surface area (Å²) in [6.07, 6.45) is 2.83. The van der Waals surface area contributed by atoms with Crippen LogP contribution in [0.2, 0.25) is 5.02 Å². The average Bonchev–Trinajstić information content (AvgIpc) is 2.36. The van der Waals surface area contributed by atoms with Crippen LogP contribution in [0.25, 0.3) is 0 Å². The Morgan fingerprint density at radius 1 is 1.42 bits per heavy atom. The molecule has 1 rings (SSSR count). The van der Waals surface area contributed by atoms with Gasteiger partial charge in [-0.1, -0.05) is 37.4 Å². The summed E-state index contributed by atoms with van der Waals surface area (Å²) in [5, 5.41) is 0.215. The molecule has 0 fully saturated rings. The average molecular weight is 305 g/mol. The molecule has 108 valence electrons. The molecular weight excluding hydrogens is 284 g/mol. The molecule has 4 nitrogen and oxygen atoms in total. The van der Waals surface area contributed by atoms with Crippen molar-refractivity contribution in [2.45, 2.75) is 50.6 Å². The molecule has 0 aromatic heterocycles. The van der Waals surface area contributed by atoms with Gasteiger partial charge >= 0.3 is 0 Å². The molecule has 0 amide bonds. The smallest absolute Gasteiger partial charge is 0.242 e. The predicted molar refractivity (Wildman–Crippen MR) is 78.7 cm³/mol. The highest BCUT2D eigenvalue weighted by Gasteiger charge is 2.20. The van der Waals surface area contributed by atoms with E-state index in [0.717, 1.165) is 24.8 Å². The van der Waals surface area contributed by atoms with Crippen molar-refractivity contribution >= 4 is 21.6 Å². The van der Waals surface area contributed by atoms with E-state index in [2.05, 4.69) is 11.6 Å². The number of hydrogen-bond acceptors (Lipinski definition) is 3. The fourth-order valence-corrected chi connectivity index (χ4v) is 3.61. The molecule has 19 heavy (non-hydrogen) atoms. The van der Waals surface area contributed by atoms with Crippen molar-refractivity contribution in [3.05, 3.63) is 28.8 Å². The lowest BCUT2D eigenvalue weighted by atomic mass is 10.2. The largest absolute Gasteiger partial charge is 0.326 e. The van der Waals surface area contributed by atoms with Crippen LogP contribution in [0.1, 0.15) is 38.7 Å². The van der Waals surface area contributed by atoms with E-state index in [1.165, 1.54) is 6.07 Å². The zero-order valence-electron chi connectivity index (χ0n) is 11.3. The van der Waals surface area contributed by atoms with Crippen LogP contribution in [0, 0.1) is 0 Å². The molecule has 1 aromatic rings. The number of rotatable bonds is 7. The molecular formula is C13H21ClN2O2S. The van der Waals surface area contributed by atoms with Crippen molar-refractivity contribution in [1.29, 1.82) is 0 Å². The lowest BCUT2D eigenvalue weighted by molar-refractivity contribution is 0.534. The lowest BCUT2D eigenvalue weighted by Gasteiger charge is -2.15. The molecule has 0 aliphatic heterocycles. The molecule has 0 saturated heterocycles. The molecule has 0 bridgehead atoms. The van der Waals surface area contributed by atoms with E-state index < -0.39 is 10.0 Å². The normalized spacial score (nSPS) is 13.5. The maximum absolute atomic E-state index is 12.3. The van der Waals surface area contributed by atoms with Crippen molar-refractivity contribution in [2.75, 3.05) is 0 Å². The Bertz CT molecular complexity index is 517. The number of hydrogen-bond donors (Lipinski definition) is 2. The summed E-state index contributed by atoms with van der Waals surface area (Å²) in [7, 11) is -3.59. The van der Waals surface area contributed by atoms with E-state index in [0.29, 0.717) is 0 Å². The minimum Gasteiger partial charge on any atom is -0.326 e. The first kappa shape index (κ1) is 16.4. The van der Waals surface area contributed by atoms with Gasteiger partial charge in [-0.15, -0.1) is 0 Å².